The average molecular weight is 266 g/mol. The Bertz CT molecular complexity index is 437. The molecule has 0 spiro atoms. The van der Waals surface area contributed by atoms with E-state index in [0.29, 0.717) is 24.7 Å². The van der Waals surface area contributed by atoms with Gasteiger partial charge in [0.25, 0.3) is 5.91 Å². The first kappa shape index (κ1) is 13.7. The molecular formula is C12H18N4O3. The predicted molar refractivity (Wildman–Crippen MR) is 68.9 cm³/mol. The molecule has 19 heavy (non-hydrogen) atoms. The number of ether oxygens (including phenoxy) is 1. The summed E-state index contributed by atoms with van der Waals surface area (Å²) in [6.07, 6.45) is -0.329. The van der Waals surface area contributed by atoms with Crippen LogP contribution in [-0.4, -0.2) is 65.1 Å². The SMILES string of the molecule is CNc1ccc(C(=O)N2CC(CO)OCC2C)nn1. The van der Waals surface area contributed by atoms with Crippen molar-refractivity contribution in [1.82, 2.24) is 15.1 Å². The molecule has 7 nitrogen and oxygen atoms in total. The first-order valence-electron chi connectivity index (χ1n) is 6.20. The van der Waals surface area contributed by atoms with Crippen LogP contribution in [0.25, 0.3) is 0 Å². The Kier molecular flexibility index (Phi) is 4.28. The minimum absolute atomic E-state index is 0.0407. The molecular weight excluding hydrogens is 248 g/mol. The van der Waals surface area contributed by atoms with Crippen molar-refractivity contribution in [3.05, 3.63) is 17.8 Å². The maximum atomic E-state index is 12.3. The molecule has 1 aromatic rings. The van der Waals surface area contributed by atoms with Crippen LogP contribution in [0.3, 0.4) is 0 Å². The molecule has 2 heterocycles. The van der Waals surface area contributed by atoms with E-state index in [0.717, 1.165) is 0 Å². The molecule has 2 rings (SSSR count). The van der Waals surface area contributed by atoms with Gasteiger partial charge < -0.3 is 20.1 Å². The fraction of sp³-hybridized carbons (Fsp3) is 0.583. The number of carbonyl (C=O) groups is 1. The zero-order valence-electron chi connectivity index (χ0n) is 11.0. The van der Waals surface area contributed by atoms with Gasteiger partial charge in [0.15, 0.2) is 5.69 Å². The third-order valence-corrected chi connectivity index (χ3v) is 3.11. The number of aromatic nitrogens is 2. The monoisotopic (exact) mass is 266 g/mol. The van der Waals surface area contributed by atoms with Gasteiger partial charge in [-0.3, -0.25) is 4.79 Å². The second kappa shape index (κ2) is 5.94. The summed E-state index contributed by atoms with van der Waals surface area (Å²) in [7, 11) is 1.74. The van der Waals surface area contributed by atoms with Crippen molar-refractivity contribution < 1.29 is 14.6 Å². The molecule has 1 fully saturated rings. The number of carbonyl (C=O) groups excluding carboxylic acids is 1. The zero-order chi connectivity index (χ0) is 13.8. The van der Waals surface area contributed by atoms with E-state index in [1.807, 2.05) is 6.92 Å². The molecule has 0 aromatic carbocycles. The van der Waals surface area contributed by atoms with Crippen molar-refractivity contribution in [3.8, 4) is 0 Å². The number of morpholine rings is 1. The van der Waals surface area contributed by atoms with Gasteiger partial charge in [0.2, 0.25) is 0 Å². The summed E-state index contributed by atoms with van der Waals surface area (Å²) in [5.41, 5.74) is 0.296. The Balaban J connectivity index is 2.12. The number of nitrogens with one attached hydrogen (secondary N) is 1. The third-order valence-electron chi connectivity index (χ3n) is 3.11. The van der Waals surface area contributed by atoms with Gasteiger partial charge in [-0.1, -0.05) is 0 Å². The smallest absolute Gasteiger partial charge is 0.274 e. The van der Waals surface area contributed by atoms with E-state index in [-0.39, 0.29) is 24.7 Å². The van der Waals surface area contributed by atoms with Crippen LogP contribution in [0, 0.1) is 0 Å². The molecule has 1 aliphatic heterocycles. The average Bonchev–Trinajstić information content (AvgIpc) is 2.47. The van der Waals surface area contributed by atoms with Gasteiger partial charge in [0, 0.05) is 13.6 Å². The molecule has 7 heteroatoms. The zero-order valence-corrected chi connectivity index (χ0v) is 11.0. The van der Waals surface area contributed by atoms with E-state index in [9.17, 15) is 4.79 Å². The molecule has 0 bridgehead atoms. The van der Waals surface area contributed by atoms with Crippen molar-refractivity contribution in [2.45, 2.75) is 19.1 Å². The summed E-state index contributed by atoms with van der Waals surface area (Å²) in [6, 6.07) is 3.30. The van der Waals surface area contributed by atoms with Crippen LogP contribution in [0.1, 0.15) is 17.4 Å². The Morgan fingerprint density at radius 1 is 1.58 bits per heavy atom. The normalized spacial score (nSPS) is 23.2. The van der Waals surface area contributed by atoms with Crippen molar-refractivity contribution >= 4 is 11.7 Å². The number of aliphatic hydroxyl groups excluding tert-OH is 1. The molecule has 0 radical (unpaired) electrons. The fourth-order valence-corrected chi connectivity index (χ4v) is 1.94. The highest BCUT2D eigenvalue weighted by molar-refractivity contribution is 5.92. The standard InChI is InChI=1S/C12H18N4O3/c1-8-7-19-9(6-17)5-16(8)12(18)10-3-4-11(13-2)15-14-10/h3-4,8-9,17H,5-7H2,1-2H3,(H,13,15). The van der Waals surface area contributed by atoms with E-state index in [4.69, 9.17) is 9.84 Å². The van der Waals surface area contributed by atoms with Crippen LogP contribution in [-0.2, 0) is 4.74 Å². The maximum absolute atomic E-state index is 12.3. The predicted octanol–water partition coefficient (Wildman–Crippen LogP) is -0.260. The highest BCUT2D eigenvalue weighted by Crippen LogP contribution is 2.14. The second-order valence-electron chi connectivity index (χ2n) is 4.50. The van der Waals surface area contributed by atoms with E-state index >= 15 is 0 Å². The summed E-state index contributed by atoms with van der Waals surface area (Å²) in [5.74, 6) is 0.421. The van der Waals surface area contributed by atoms with Crippen molar-refractivity contribution in [1.29, 1.82) is 0 Å². The Labute approximate surface area is 111 Å². The van der Waals surface area contributed by atoms with Gasteiger partial charge in [0.05, 0.1) is 25.4 Å². The number of rotatable bonds is 3. The largest absolute Gasteiger partial charge is 0.394 e. The Morgan fingerprint density at radius 2 is 2.37 bits per heavy atom. The molecule has 2 unspecified atom stereocenters. The molecule has 0 saturated carbocycles. The van der Waals surface area contributed by atoms with E-state index in [1.54, 1.807) is 24.1 Å². The number of nitrogens with zero attached hydrogens (tertiary/aromatic N) is 3. The molecule has 0 aliphatic carbocycles. The molecule has 1 aliphatic rings. The Hall–Kier alpha value is -1.73. The lowest BCUT2D eigenvalue weighted by atomic mass is 10.2. The van der Waals surface area contributed by atoms with Crippen LogP contribution in [0.4, 0.5) is 5.82 Å². The number of hydrogen-bond acceptors (Lipinski definition) is 6. The van der Waals surface area contributed by atoms with Crippen molar-refractivity contribution in [2.24, 2.45) is 0 Å². The van der Waals surface area contributed by atoms with Crippen LogP contribution < -0.4 is 5.32 Å². The first-order valence-corrected chi connectivity index (χ1v) is 6.20. The lowest BCUT2D eigenvalue weighted by Crippen LogP contribution is -2.52. The fourth-order valence-electron chi connectivity index (χ4n) is 1.94. The van der Waals surface area contributed by atoms with E-state index in [1.165, 1.54) is 0 Å². The maximum Gasteiger partial charge on any atom is 0.274 e. The van der Waals surface area contributed by atoms with Crippen molar-refractivity contribution in [3.63, 3.8) is 0 Å². The summed E-state index contributed by atoms with van der Waals surface area (Å²) in [5, 5.41) is 19.8. The van der Waals surface area contributed by atoms with Crippen LogP contribution >= 0.6 is 0 Å². The summed E-state index contributed by atoms with van der Waals surface area (Å²) in [4.78, 5) is 14.0. The highest BCUT2D eigenvalue weighted by Gasteiger charge is 2.30. The molecule has 1 aromatic heterocycles. The summed E-state index contributed by atoms with van der Waals surface area (Å²) in [6.45, 7) is 2.59. The minimum Gasteiger partial charge on any atom is -0.394 e. The summed E-state index contributed by atoms with van der Waals surface area (Å²) >= 11 is 0. The molecule has 1 saturated heterocycles. The number of anilines is 1. The molecule has 2 atom stereocenters. The lowest BCUT2D eigenvalue weighted by Gasteiger charge is -2.37. The number of hydrogen-bond donors (Lipinski definition) is 2. The van der Waals surface area contributed by atoms with Crippen LogP contribution in [0.5, 0.6) is 0 Å². The van der Waals surface area contributed by atoms with Gasteiger partial charge >= 0.3 is 0 Å². The molecule has 2 N–H and O–H groups in total. The number of amides is 1. The van der Waals surface area contributed by atoms with Crippen molar-refractivity contribution in [2.75, 3.05) is 32.1 Å². The quantitative estimate of drug-likeness (QED) is 0.783. The topological polar surface area (TPSA) is 87.6 Å². The highest BCUT2D eigenvalue weighted by atomic mass is 16.5. The minimum atomic E-state index is -0.329. The van der Waals surface area contributed by atoms with Gasteiger partial charge in [-0.05, 0) is 19.1 Å². The van der Waals surface area contributed by atoms with Crippen LogP contribution in [0.2, 0.25) is 0 Å². The molecule has 104 valence electrons. The second-order valence-corrected chi connectivity index (χ2v) is 4.50. The van der Waals surface area contributed by atoms with Crippen LogP contribution in [0.15, 0.2) is 12.1 Å². The number of aliphatic hydroxyl groups is 1. The van der Waals surface area contributed by atoms with Gasteiger partial charge in [-0.25, -0.2) is 0 Å². The summed E-state index contributed by atoms with van der Waals surface area (Å²) < 4.78 is 5.40. The van der Waals surface area contributed by atoms with E-state index in [2.05, 4.69) is 15.5 Å². The van der Waals surface area contributed by atoms with Gasteiger partial charge in [-0.15, -0.1) is 10.2 Å². The lowest BCUT2D eigenvalue weighted by molar-refractivity contribution is -0.0669. The van der Waals surface area contributed by atoms with E-state index < -0.39 is 0 Å². The third kappa shape index (κ3) is 2.99. The Morgan fingerprint density at radius 3 is 2.95 bits per heavy atom. The first-order chi connectivity index (χ1) is 9.15. The van der Waals surface area contributed by atoms with Gasteiger partial charge in [0.1, 0.15) is 5.82 Å². The van der Waals surface area contributed by atoms with Gasteiger partial charge in [-0.2, -0.15) is 0 Å². The molecule has 1 amide bonds.